The van der Waals surface area contributed by atoms with Crippen LogP contribution in [0.25, 0.3) is 22.7 Å². The summed E-state index contributed by atoms with van der Waals surface area (Å²) in [6, 6.07) is 13.1. The number of rotatable bonds is 4. The first-order chi connectivity index (χ1) is 13.5. The molecule has 8 heteroatoms. The summed E-state index contributed by atoms with van der Waals surface area (Å²) in [6.07, 6.45) is 1.41. The fraction of sp³-hybridized carbons (Fsp3) is 0.0500. The molecule has 28 heavy (non-hydrogen) atoms. The lowest BCUT2D eigenvalue weighted by Crippen LogP contribution is -2.22. The van der Waals surface area contributed by atoms with E-state index in [1.54, 1.807) is 18.2 Å². The third-order valence-electron chi connectivity index (χ3n) is 4.05. The molecule has 0 saturated carbocycles. The number of aromatic nitrogens is 3. The molecule has 2 aromatic heterocycles. The molecule has 0 fully saturated rings. The van der Waals surface area contributed by atoms with Gasteiger partial charge in [0, 0.05) is 23.3 Å². The Balaban J connectivity index is 1.68. The summed E-state index contributed by atoms with van der Waals surface area (Å²) in [4.78, 5) is 16.3. The summed E-state index contributed by atoms with van der Waals surface area (Å²) in [7, 11) is 5.55. The zero-order valence-corrected chi connectivity index (χ0v) is 14.5. The van der Waals surface area contributed by atoms with Gasteiger partial charge in [0.05, 0.1) is 24.1 Å². The molecular weight excluding hydrogens is 363 g/mol. The standard InChI is InChI=1S/C20H12BF2N3O2/c21-18-10-24-20(28-18)13-3-1-2-12(6-13)11-26-19(27)5-4-17(25-26)14-7-15(22)9-16(23)8-14/h1-10H,11H2. The van der Waals surface area contributed by atoms with E-state index >= 15 is 0 Å². The zero-order chi connectivity index (χ0) is 19.7. The van der Waals surface area contributed by atoms with Crippen molar-refractivity contribution in [3.63, 3.8) is 0 Å². The first kappa shape index (κ1) is 17.8. The molecule has 0 bridgehead atoms. The first-order valence-corrected chi connectivity index (χ1v) is 8.33. The van der Waals surface area contributed by atoms with E-state index in [1.165, 1.54) is 23.0 Å². The Morgan fingerprint density at radius 3 is 2.50 bits per heavy atom. The molecule has 0 spiro atoms. The summed E-state index contributed by atoms with van der Waals surface area (Å²) < 4.78 is 33.5. The maximum absolute atomic E-state index is 13.5. The van der Waals surface area contributed by atoms with Crippen LogP contribution in [-0.4, -0.2) is 22.6 Å². The Labute approximate surface area is 159 Å². The van der Waals surface area contributed by atoms with Crippen LogP contribution in [0.3, 0.4) is 0 Å². The molecule has 0 saturated heterocycles. The van der Waals surface area contributed by atoms with Crippen molar-refractivity contribution >= 4 is 13.5 Å². The van der Waals surface area contributed by atoms with Crippen LogP contribution in [0.15, 0.2) is 70.0 Å². The SMILES string of the molecule is [B]c1cnc(-c2cccc(Cn3nc(-c4cc(F)cc(F)c4)ccc3=O)c2)o1. The summed E-state index contributed by atoms with van der Waals surface area (Å²) in [5.74, 6) is -1.07. The van der Waals surface area contributed by atoms with Gasteiger partial charge in [0.25, 0.3) is 5.56 Å². The van der Waals surface area contributed by atoms with Crippen LogP contribution in [0.2, 0.25) is 0 Å². The third kappa shape index (κ3) is 3.76. The van der Waals surface area contributed by atoms with Crippen molar-refractivity contribution in [2.75, 3.05) is 0 Å². The van der Waals surface area contributed by atoms with Gasteiger partial charge in [0.2, 0.25) is 5.89 Å². The second kappa shape index (κ2) is 7.23. The van der Waals surface area contributed by atoms with Gasteiger partial charge in [-0.1, -0.05) is 12.1 Å². The number of hydrogen-bond donors (Lipinski definition) is 0. The minimum Gasteiger partial charge on any atom is -0.453 e. The lowest BCUT2D eigenvalue weighted by atomic mass is 10.1. The molecule has 4 aromatic rings. The molecule has 0 atom stereocenters. The van der Waals surface area contributed by atoms with E-state index in [9.17, 15) is 13.6 Å². The monoisotopic (exact) mass is 375 g/mol. The second-order valence-electron chi connectivity index (χ2n) is 6.14. The topological polar surface area (TPSA) is 60.9 Å². The molecule has 136 valence electrons. The van der Waals surface area contributed by atoms with Crippen LogP contribution >= 0.6 is 0 Å². The minimum atomic E-state index is -0.715. The van der Waals surface area contributed by atoms with Crippen LogP contribution < -0.4 is 11.2 Å². The van der Waals surface area contributed by atoms with Gasteiger partial charge in [-0.25, -0.2) is 18.4 Å². The molecule has 0 amide bonds. The van der Waals surface area contributed by atoms with Gasteiger partial charge in [0.1, 0.15) is 11.6 Å². The molecule has 0 aliphatic heterocycles. The molecular formula is C20H12BF2N3O2. The van der Waals surface area contributed by atoms with Gasteiger partial charge in [-0.2, -0.15) is 5.10 Å². The average molecular weight is 375 g/mol. The molecule has 0 aliphatic rings. The maximum atomic E-state index is 13.5. The molecule has 2 heterocycles. The van der Waals surface area contributed by atoms with E-state index in [0.29, 0.717) is 11.5 Å². The minimum absolute atomic E-state index is 0.161. The maximum Gasteiger partial charge on any atom is 0.267 e. The summed E-state index contributed by atoms with van der Waals surface area (Å²) in [5, 5.41) is 4.24. The van der Waals surface area contributed by atoms with E-state index < -0.39 is 11.6 Å². The lowest BCUT2D eigenvalue weighted by molar-refractivity contribution is 0.583. The molecule has 0 N–H and O–H groups in total. The van der Waals surface area contributed by atoms with E-state index in [1.807, 2.05) is 6.07 Å². The van der Waals surface area contributed by atoms with Crippen molar-refractivity contribution in [1.82, 2.24) is 14.8 Å². The Hall–Kier alpha value is -3.55. The van der Waals surface area contributed by atoms with E-state index in [4.69, 9.17) is 12.3 Å². The van der Waals surface area contributed by atoms with Gasteiger partial charge >= 0.3 is 0 Å². The predicted molar refractivity (Wildman–Crippen MR) is 100 cm³/mol. The number of nitrogens with zero attached hydrogens (tertiary/aromatic N) is 3. The number of benzene rings is 2. The van der Waals surface area contributed by atoms with Crippen molar-refractivity contribution in [3.8, 4) is 22.7 Å². The normalized spacial score (nSPS) is 10.9. The number of oxazole rings is 1. The molecule has 2 radical (unpaired) electrons. The summed E-state index contributed by atoms with van der Waals surface area (Å²) in [5.41, 5.74) is 1.86. The average Bonchev–Trinajstić information content (AvgIpc) is 3.09. The van der Waals surface area contributed by atoms with Gasteiger partial charge < -0.3 is 4.42 Å². The molecule has 4 rings (SSSR count). The van der Waals surface area contributed by atoms with Gasteiger partial charge in [-0.3, -0.25) is 4.79 Å². The van der Waals surface area contributed by atoms with Crippen LogP contribution in [0.4, 0.5) is 8.78 Å². The van der Waals surface area contributed by atoms with Gasteiger partial charge in [-0.15, -0.1) is 0 Å². The summed E-state index contributed by atoms with van der Waals surface area (Å²) >= 11 is 0. The van der Waals surface area contributed by atoms with Crippen molar-refractivity contribution in [1.29, 1.82) is 0 Å². The van der Waals surface area contributed by atoms with Gasteiger partial charge in [-0.05, 0) is 35.9 Å². The highest BCUT2D eigenvalue weighted by Crippen LogP contribution is 2.20. The summed E-state index contributed by atoms with van der Waals surface area (Å²) in [6.45, 7) is 0.161. The largest absolute Gasteiger partial charge is 0.453 e. The first-order valence-electron chi connectivity index (χ1n) is 8.33. The third-order valence-corrected chi connectivity index (χ3v) is 4.05. The highest BCUT2D eigenvalue weighted by Gasteiger charge is 2.09. The van der Waals surface area contributed by atoms with Crippen molar-refractivity contribution in [2.45, 2.75) is 6.54 Å². The Bertz CT molecular complexity index is 1200. The Morgan fingerprint density at radius 1 is 1.00 bits per heavy atom. The Morgan fingerprint density at radius 2 is 1.79 bits per heavy atom. The van der Waals surface area contributed by atoms with E-state index in [0.717, 1.165) is 23.8 Å². The van der Waals surface area contributed by atoms with Crippen molar-refractivity contribution < 1.29 is 13.2 Å². The molecule has 0 unspecified atom stereocenters. The van der Waals surface area contributed by atoms with Crippen molar-refractivity contribution in [2.24, 2.45) is 0 Å². The zero-order valence-electron chi connectivity index (χ0n) is 14.5. The smallest absolute Gasteiger partial charge is 0.267 e. The predicted octanol–water partition coefficient (Wildman–Crippen LogP) is 2.69. The van der Waals surface area contributed by atoms with Gasteiger partial charge in [0.15, 0.2) is 7.85 Å². The second-order valence-corrected chi connectivity index (χ2v) is 6.14. The van der Waals surface area contributed by atoms with E-state index in [-0.39, 0.29) is 29.0 Å². The van der Waals surface area contributed by atoms with Crippen molar-refractivity contribution in [3.05, 3.63) is 88.3 Å². The van der Waals surface area contributed by atoms with Crippen LogP contribution in [0.5, 0.6) is 0 Å². The fourth-order valence-corrected chi connectivity index (χ4v) is 2.81. The highest BCUT2D eigenvalue weighted by molar-refractivity contribution is 6.29. The van der Waals surface area contributed by atoms with Crippen LogP contribution in [-0.2, 0) is 6.54 Å². The van der Waals surface area contributed by atoms with Crippen LogP contribution in [0.1, 0.15) is 5.56 Å². The van der Waals surface area contributed by atoms with E-state index in [2.05, 4.69) is 10.1 Å². The molecule has 2 aromatic carbocycles. The number of halogens is 2. The fourth-order valence-electron chi connectivity index (χ4n) is 2.81. The Kier molecular flexibility index (Phi) is 4.61. The highest BCUT2D eigenvalue weighted by atomic mass is 19.1. The van der Waals surface area contributed by atoms with Crippen LogP contribution in [0, 0.1) is 11.6 Å². The lowest BCUT2D eigenvalue weighted by Gasteiger charge is -2.08. The number of hydrogen-bond acceptors (Lipinski definition) is 4. The molecule has 0 aliphatic carbocycles. The quantitative estimate of drug-likeness (QED) is 0.515. The molecule has 5 nitrogen and oxygen atoms in total.